The Hall–Kier alpha value is -2.02. The number of methoxy groups -OCH3 is 1. The van der Waals surface area contributed by atoms with Crippen molar-refractivity contribution in [1.29, 1.82) is 5.26 Å². The molecule has 0 bridgehead atoms. The summed E-state index contributed by atoms with van der Waals surface area (Å²) in [6.45, 7) is 4.29. The summed E-state index contributed by atoms with van der Waals surface area (Å²) < 4.78 is 5.19. The zero-order valence-corrected chi connectivity index (χ0v) is 9.63. The number of carbonyl (C=O) groups excluding carboxylic acids is 1. The normalized spacial score (nSPS) is 9.38. The van der Waals surface area contributed by atoms with Crippen LogP contribution in [0.1, 0.15) is 16.7 Å². The van der Waals surface area contributed by atoms with E-state index in [0.29, 0.717) is 6.54 Å². The van der Waals surface area contributed by atoms with Crippen molar-refractivity contribution >= 4 is 5.91 Å². The van der Waals surface area contributed by atoms with E-state index in [-0.39, 0.29) is 0 Å². The molecule has 0 aliphatic heterocycles. The van der Waals surface area contributed by atoms with Crippen LogP contribution < -0.4 is 10.1 Å². The highest BCUT2D eigenvalue weighted by atomic mass is 16.5. The molecule has 1 aromatic carbocycles. The average molecular weight is 218 g/mol. The van der Waals surface area contributed by atoms with Crippen LogP contribution >= 0.6 is 0 Å². The maximum atomic E-state index is 10.8. The molecule has 0 aliphatic rings. The van der Waals surface area contributed by atoms with Gasteiger partial charge in [-0.2, -0.15) is 5.26 Å². The van der Waals surface area contributed by atoms with Gasteiger partial charge in [0, 0.05) is 6.54 Å². The van der Waals surface area contributed by atoms with Gasteiger partial charge in [-0.3, -0.25) is 4.79 Å². The molecule has 84 valence electrons. The van der Waals surface area contributed by atoms with Crippen LogP contribution in [0.2, 0.25) is 0 Å². The highest BCUT2D eigenvalue weighted by Gasteiger charge is 2.07. The highest BCUT2D eigenvalue weighted by molar-refractivity contribution is 5.91. The van der Waals surface area contributed by atoms with Gasteiger partial charge in [0.05, 0.1) is 7.11 Å². The topological polar surface area (TPSA) is 62.1 Å². The zero-order valence-electron chi connectivity index (χ0n) is 9.63. The van der Waals surface area contributed by atoms with Crippen LogP contribution in [0.4, 0.5) is 0 Å². The fourth-order valence-corrected chi connectivity index (χ4v) is 1.48. The van der Waals surface area contributed by atoms with E-state index in [2.05, 4.69) is 5.32 Å². The van der Waals surface area contributed by atoms with Gasteiger partial charge in [-0.1, -0.05) is 6.07 Å². The molecule has 0 aromatic heterocycles. The number of ether oxygens (including phenoxy) is 1. The Morgan fingerprint density at radius 3 is 2.69 bits per heavy atom. The second-order valence-corrected chi connectivity index (χ2v) is 3.47. The maximum absolute atomic E-state index is 10.8. The molecule has 0 fully saturated rings. The van der Waals surface area contributed by atoms with Crippen LogP contribution in [0, 0.1) is 25.2 Å². The predicted octanol–water partition coefficient (Wildman–Crippen LogP) is 1.45. The molecular weight excluding hydrogens is 204 g/mol. The Kier molecular flexibility index (Phi) is 3.90. The fraction of sp³-hybridized carbons (Fsp3) is 0.333. The summed E-state index contributed by atoms with van der Waals surface area (Å²) in [6, 6.07) is 5.26. The fourth-order valence-electron chi connectivity index (χ4n) is 1.48. The van der Waals surface area contributed by atoms with Gasteiger partial charge in [-0.05, 0) is 36.6 Å². The molecular formula is C12H14N2O2. The first kappa shape index (κ1) is 12.1. The van der Waals surface area contributed by atoms with Gasteiger partial charge in [0.15, 0.2) is 6.07 Å². The van der Waals surface area contributed by atoms with E-state index in [1.54, 1.807) is 7.11 Å². The van der Waals surface area contributed by atoms with Crippen LogP contribution in [-0.2, 0) is 11.3 Å². The summed E-state index contributed by atoms with van der Waals surface area (Å²) in [5.74, 6) is 0.209. The lowest BCUT2D eigenvalue weighted by Gasteiger charge is -2.12. The summed E-state index contributed by atoms with van der Waals surface area (Å²) in [4.78, 5) is 10.8. The number of nitrogens with one attached hydrogen (secondary N) is 1. The summed E-state index contributed by atoms with van der Waals surface area (Å²) in [5, 5.41) is 10.9. The second kappa shape index (κ2) is 5.17. The molecule has 1 rings (SSSR count). The summed E-state index contributed by atoms with van der Waals surface area (Å²) in [7, 11) is 1.62. The lowest BCUT2D eigenvalue weighted by Crippen LogP contribution is -2.21. The molecule has 0 heterocycles. The van der Waals surface area contributed by atoms with Crippen molar-refractivity contribution in [2.75, 3.05) is 7.11 Å². The number of benzene rings is 1. The first-order valence-electron chi connectivity index (χ1n) is 4.91. The van der Waals surface area contributed by atoms with Crippen molar-refractivity contribution in [2.45, 2.75) is 20.4 Å². The molecule has 1 N–H and O–H groups in total. The van der Waals surface area contributed by atoms with Crippen molar-refractivity contribution in [3.05, 3.63) is 28.8 Å². The number of amides is 1. The Balaban J connectivity index is 2.87. The van der Waals surface area contributed by atoms with Crippen molar-refractivity contribution in [1.82, 2.24) is 5.32 Å². The summed E-state index contributed by atoms with van der Waals surface area (Å²) >= 11 is 0. The number of hydrogen-bond acceptors (Lipinski definition) is 3. The van der Waals surface area contributed by atoms with E-state index >= 15 is 0 Å². The van der Waals surface area contributed by atoms with Crippen molar-refractivity contribution in [3.63, 3.8) is 0 Å². The average Bonchev–Trinajstić information content (AvgIpc) is 2.30. The van der Waals surface area contributed by atoms with Gasteiger partial charge in [-0.25, -0.2) is 0 Å². The third-order valence-corrected chi connectivity index (χ3v) is 2.61. The van der Waals surface area contributed by atoms with E-state index in [1.165, 1.54) is 6.07 Å². The van der Waals surface area contributed by atoms with Crippen molar-refractivity contribution in [2.24, 2.45) is 0 Å². The largest absolute Gasteiger partial charge is 0.496 e. The van der Waals surface area contributed by atoms with E-state index in [1.807, 2.05) is 26.0 Å². The van der Waals surface area contributed by atoms with E-state index in [0.717, 1.165) is 22.4 Å². The lowest BCUT2D eigenvalue weighted by atomic mass is 10.0. The summed E-state index contributed by atoms with van der Waals surface area (Å²) in [5.41, 5.74) is 3.10. The first-order chi connectivity index (χ1) is 7.60. The molecule has 1 aromatic rings. The van der Waals surface area contributed by atoms with Gasteiger partial charge < -0.3 is 10.1 Å². The second-order valence-electron chi connectivity index (χ2n) is 3.47. The Bertz CT molecular complexity index is 447. The van der Waals surface area contributed by atoms with Gasteiger partial charge in [-0.15, -0.1) is 0 Å². The highest BCUT2D eigenvalue weighted by Crippen LogP contribution is 2.23. The van der Waals surface area contributed by atoms with Gasteiger partial charge in [0.25, 0.3) is 0 Å². The first-order valence-corrected chi connectivity index (χ1v) is 4.91. The molecule has 4 heteroatoms. The van der Waals surface area contributed by atoms with E-state index in [9.17, 15) is 4.79 Å². The Morgan fingerprint density at radius 2 is 2.12 bits per heavy atom. The summed E-state index contributed by atoms with van der Waals surface area (Å²) in [6.07, 6.45) is 0. The third kappa shape index (κ3) is 2.51. The SMILES string of the molecule is COc1ccc(CNC(=O)C#N)c(C)c1C. The van der Waals surface area contributed by atoms with Gasteiger partial charge in [0.2, 0.25) is 0 Å². The number of hydrogen-bond donors (Lipinski definition) is 1. The van der Waals surface area contributed by atoms with Crippen LogP contribution in [0.3, 0.4) is 0 Å². The molecule has 0 unspecified atom stereocenters. The molecule has 0 saturated carbocycles. The number of rotatable bonds is 3. The van der Waals surface area contributed by atoms with Crippen LogP contribution in [-0.4, -0.2) is 13.0 Å². The molecule has 0 spiro atoms. The molecule has 0 saturated heterocycles. The van der Waals surface area contributed by atoms with Crippen LogP contribution in [0.15, 0.2) is 12.1 Å². The minimum Gasteiger partial charge on any atom is -0.496 e. The van der Waals surface area contributed by atoms with E-state index < -0.39 is 5.91 Å². The zero-order chi connectivity index (χ0) is 12.1. The minimum absolute atomic E-state index is 0.364. The van der Waals surface area contributed by atoms with Crippen molar-refractivity contribution < 1.29 is 9.53 Å². The van der Waals surface area contributed by atoms with Crippen molar-refractivity contribution in [3.8, 4) is 11.8 Å². The molecule has 4 nitrogen and oxygen atoms in total. The van der Waals surface area contributed by atoms with Crippen LogP contribution in [0.5, 0.6) is 5.75 Å². The standard InChI is InChI=1S/C12H14N2O2/c1-8-9(2)11(16-3)5-4-10(8)7-14-12(15)6-13/h4-5H,7H2,1-3H3,(H,14,15). The van der Waals surface area contributed by atoms with Gasteiger partial charge in [0.1, 0.15) is 5.75 Å². The number of nitriles is 1. The molecule has 16 heavy (non-hydrogen) atoms. The molecule has 0 radical (unpaired) electrons. The molecule has 1 amide bonds. The maximum Gasteiger partial charge on any atom is 0.322 e. The minimum atomic E-state index is -0.618. The Morgan fingerprint density at radius 1 is 1.44 bits per heavy atom. The molecule has 0 atom stereocenters. The number of nitrogens with zero attached hydrogens (tertiary/aromatic N) is 1. The smallest absolute Gasteiger partial charge is 0.322 e. The monoisotopic (exact) mass is 218 g/mol. The Labute approximate surface area is 94.8 Å². The lowest BCUT2D eigenvalue weighted by molar-refractivity contribution is -0.116. The number of carbonyl (C=O) groups is 1. The quantitative estimate of drug-likeness (QED) is 0.781. The van der Waals surface area contributed by atoms with Crippen LogP contribution in [0.25, 0.3) is 0 Å². The van der Waals surface area contributed by atoms with E-state index in [4.69, 9.17) is 10.00 Å². The van der Waals surface area contributed by atoms with Gasteiger partial charge >= 0.3 is 5.91 Å². The molecule has 0 aliphatic carbocycles. The third-order valence-electron chi connectivity index (χ3n) is 2.61. The predicted molar refractivity (Wildman–Crippen MR) is 59.9 cm³/mol.